The Bertz CT molecular complexity index is 348. The lowest BCUT2D eigenvalue weighted by molar-refractivity contribution is -0.137. The minimum absolute atomic E-state index is 0.386. The molecule has 0 rings (SSSR count). The van der Waals surface area contributed by atoms with Gasteiger partial charge in [0.1, 0.15) is 0 Å². The molecule has 0 spiro atoms. The Morgan fingerprint density at radius 2 is 1.30 bits per heavy atom. The molecule has 0 aromatic rings. The van der Waals surface area contributed by atoms with Crippen LogP contribution in [-0.4, -0.2) is 70.8 Å². The quantitative estimate of drug-likeness (QED) is 0.171. The molecule has 8 nitrogen and oxygen atoms in total. The summed E-state index contributed by atoms with van der Waals surface area (Å²) in [7, 11) is -1.50. The summed E-state index contributed by atoms with van der Waals surface area (Å²) in [5.41, 5.74) is 0. The van der Waals surface area contributed by atoms with Gasteiger partial charge in [0, 0.05) is 46.7 Å². The zero-order valence-corrected chi connectivity index (χ0v) is 20.0. The van der Waals surface area contributed by atoms with Crippen LogP contribution in [0, 0.1) is 0 Å². The number of carbonyl (C=O) groups excluding carboxylic acids is 1. The molecule has 0 aromatic heterocycles. The van der Waals surface area contributed by atoms with Gasteiger partial charge in [0.05, 0.1) is 6.61 Å². The van der Waals surface area contributed by atoms with Crippen molar-refractivity contribution in [1.29, 1.82) is 0 Å². The summed E-state index contributed by atoms with van der Waals surface area (Å²) in [5, 5.41) is 0. The monoisotopic (exact) mass is 426 g/mol. The van der Waals surface area contributed by atoms with E-state index in [1.807, 2.05) is 34.2 Å². The van der Waals surface area contributed by atoms with Crippen LogP contribution in [0.2, 0.25) is 12.6 Å². The van der Waals surface area contributed by atoms with Crippen molar-refractivity contribution in [1.82, 2.24) is 0 Å². The minimum Gasteiger partial charge on any atom is -0.463 e. The molecule has 0 saturated carbocycles. The molecule has 0 bridgehead atoms. The standard InChI is InChI=1S/C9H18O4Si.C8H20O4Si/c1-5-9(10)13-7-6-8-14(4,11-2)12-3;1-5-9-13(10-6-2,11-7-3)12-8-4/h5H,1,6-8H2,2-4H3;5-8H2,1-4H3. The third-order valence-electron chi connectivity index (χ3n) is 3.33. The number of hydrogen-bond acceptors (Lipinski definition) is 8. The van der Waals surface area contributed by atoms with Gasteiger partial charge in [0.25, 0.3) is 0 Å². The van der Waals surface area contributed by atoms with Gasteiger partial charge in [-0.25, -0.2) is 4.79 Å². The van der Waals surface area contributed by atoms with Gasteiger partial charge in [-0.1, -0.05) is 6.58 Å². The Kier molecular flexibility index (Phi) is 18.5. The van der Waals surface area contributed by atoms with Crippen LogP contribution < -0.4 is 0 Å². The van der Waals surface area contributed by atoms with Crippen molar-refractivity contribution in [2.75, 3.05) is 47.3 Å². The topological polar surface area (TPSA) is 81.7 Å². The maximum atomic E-state index is 10.7. The molecule has 27 heavy (non-hydrogen) atoms. The Morgan fingerprint density at radius 3 is 1.59 bits per heavy atom. The molecule has 0 aliphatic heterocycles. The van der Waals surface area contributed by atoms with Crippen molar-refractivity contribution in [2.24, 2.45) is 0 Å². The highest BCUT2D eigenvalue weighted by Crippen LogP contribution is 2.13. The SMILES string of the molecule is C=CC(=O)OCCC[Si](C)(OC)OC.CCO[Si](OCC)(OCC)OCC. The van der Waals surface area contributed by atoms with E-state index in [1.165, 1.54) is 0 Å². The van der Waals surface area contributed by atoms with E-state index in [2.05, 4.69) is 6.58 Å². The first-order valence-electron chi connectivity index (χ1n) is 9.27. The Labute approximate surface area is 166 Å². The van der Waals surface area contributed by atoms with Crippen LogP contribution in [-0.2, 0) is 36.1 Å². The van der Waals surface area contributed by atoms with Crippen molar-refractivity contribution < 1.29 is 36.1 Å². The van der Waals surface area contributed by atoms with Crippen LogP contribution in [0.25, 0.3) is 0 Å². The first kappa shape index (κ1) is 28.6. The van der Waals surface area contributed by atoms with Crippen molar-refractivity contribution in [3.05, 3.63) is 12.7 Å². The highest BCUT2D eigenvalue weighted by Gasteiger charge is 2.44. The van der Waals surface area contributed by atoms with Crippen LogP contribution in [0.1, 0.15) is 34.1 Å². The predicted octanol–water partition coefficient (Wildman–Crippen LogP) is 3.04. The normalized spacial score (nSPS) is 11.5. The molecule has 0 atom stereocenters. The van der Waals surface area contributed by atoms with Gasteiger partial charge in [-0.05, 0) is 46.7 Å². The van der Waals surface area contributed by atoms with Crippen LogP contribution in [0.5, 0.6) is 0 Å². The van der Waals surface area contributed by atoms with Gasteiger partial charge in [0.15, 0.2) is 0 Å². The first-order chi connectivity index (χ1) is 12.8. The second kappa shape index (κ2) is 17.5. The third-order valence-corrected chi connectivity index (χ3v) is 8.89. The van der Waals surface area contributed by atoms with E-state index in [4.69, 9.17) is 31.3 Å². The van der Waals surface area contributed by atoms with Gasteiger partial charge in [0.2, 0.25) is 0 Å². The molecule has 0 radical (unpaired) electrons. The van der Waals surface area contributed by atoms with Crippen LogP contribution in [0.4, 0.5) is 0 Å². The molecule has 10 heteroatoms. The zero-order chi connectivity index (χ0) is 21.2. The average Bonchev–Trinajstić information content (AvgIpc) is 2.66. The molecule has 0 N–H and O–H groups in total. The number of rotatable bonds is 15. The fraction of sp³-hybridized carbons (Fsp3) is 0.824. The summed E-state index contributed by atoms with van der Waals surface area (Å²) in [6, 6.07) is 0.810. The van der Waals surface area contributed by atoms with E-state index in [9.17, 15) is 4.79 Å². The van der Waals surface area contributed by atoms with E-state index in [-0.39, 0.29) is 5.97 Å². The lowest BCUT2D eigenvalue weighted by atomic mass is 10.5. The molecule has 0 amide bonds. The second-order valence-corrected chi connectivity index (χ2v) is 11.0. The molecule has 0 fully saturated rings. The molecule has 0 saturated heterocycles. The summed E-state index contributed by atoms with van der Waals surface area (Å²) in [4.78, 5) is 10.7. The number of carbonyl (C=O) groups is 1. The number of hydrogen-bond donors (Lipinski definition) is 0. The van der Waals surface area contributed by atoms with Gasteiger partial charge >= 0.3 is 23.6 Å². The molecule has 0 aliphatic rings. The van der Waals surface area contributed by atoms with Gasteiger partial charge in [-0.3, -0.25) is 0 Å². The van der Waals surface area contributed by atoms with Crippen LogP contribution >= 0.6 is 0 Å². The van der Waals surface area contributed by atoms with E-state index >= 15 is 0 Å². The summed E-state index contributed by atoms with van der Waals surface area (Å²) >= 11 is 0. The number of ether oxygens (including phenoxy) is 1. The first-order valence-corrected chi connectivity index (χ1v) is 13.4. The third kappa shape index (κ3) is 14.1. The van der Waals surface area contributed by atoms with E-state index in [0.29, 0.717) is 33.0 Å². The fourth-order valence-corrected chi connectivity index (χ4v) is 5.15. The van der Waals surface area contributed by atoms with Gasteiger partial charge in [-0.15, -0.1) is 0 Å². The minimum atomic E-state index is -2.80. The lowest BCUT2D eigenvalue weighted by Gasteiger charge is -2.26. The molecule has 0 aliphatic carbocycles. The maximum Gasteiger partial charge on any atom is 0.679 e. The van der Waals surface area contributed by atoms with Crippen molar-refractivity contribution in [3.63, 3.8) is 0 Å². The molecular weight excluding hydrogens is 388 g/mol. The van der Waals surface area contributed by atoms with E-state index < -0.39 is 17.6 Å². The van der Waals surface area contributed by atoms with E-state index in [1.54, 1.807) is 14.2 Å². The predicted molar refractivity (Wildman–Crippen MR) is 108 cm³/mol. The summed E-state index contributed by atoms with van der Waals surface area (Å²) < 4.78 is 37.1. The maximum absolute atomic E-state index is 10.7. The van der Waals surface area contributed by atoms with Crippen molar-refractivity contribution in [2.45, 2.75) is 46.7 Å². The highest BCUT2D eigenvalue weighted by molar-refractivity contribution is 6.65. The van der Waals surface area contributed by atoms with Gasteiger partial charge in [-0.2, -0.15) is 0 Å². The second-order valence-electron chi connectivity index (χ2n) is 5.25. The summed E-state index contributed by atoms with van der Waals surface area (Å²) in [6.45, 7) is 15.5. The Morgan fingerprint density at radius 1 is 0.889 bits per heavy atom. The molecule has 0 heterocycles. The zero-order valence-electron chi connectivity index (χ0n) is 18.0. The largest absolute Gasteiger partial charge is 0.679 e. The fourth-order valence-electron chi connectivity index (χ4n) is 1.87. The smallest absolute Gasteiger partial charge is 0.463 e. The molecule has 0 unspecified atom stereocenters. The van der Waals surface area contributed by atoms with Crippen LogP contribution in [0.15, 0.2) is 12.7 Å². The number of esters is 1. The average molecular weight is 427 g/mol. The van der Waals surface area contributed by atoms with Crippen molar-refractivity contribution >= 4 is 23.6 Å². The summed E-state index contributed by atoms with van der Waals surface area (Å²) in [5.74, 6) is -0.386. The molecular formula is C17H38O8Si2. The Hall–Kier alpha value is -0.596. The summed E-state index contributed by atoms with van der Waals surface area (Å²) in [6.07, 6.45) is 1.91. The highest BCUT2D eigenvalue weighted by atomic mass is 28.4. The molecule has 0 aromatic carbocycles. The van der Waals surface area contributed by atoms with Crippen LogP contribution in [0.3, 0.4) is 0 Å². The van der Waals surface area contributed by atoms with Gasteiger partial charge < -0.3 is 31.3 Å². The molecule has 162 valence electrons. The Balaban J connectivity index is 0. The lowest BCUT2D eigenvalue weighted by Crippen LogP contribution is -2.49. The van der Waals surface area contributed by atoms with E-state index in [0.717, 1.165) is 18.5 Å². The van der Waals surface area contributed by atoms with Crippen molar-refractivity contribution in [3.8, 4) is 0 Å².